The van der Waals surface area contributed by atoms with E-state index in [9.17, 15) is 9.59 Å². The molecule has 2 atom stereocenters. The van der Waals surface area contributed by atoms with Crippen molar-refractivity contribution in [3.05, 3.63) is 28.2 Å². The third-order valence-electron chi connectivity index (χ3n) is 3.39. The lowest BCUT2D eigenvalue weighted by Crippen LogP contribution is -2.35. The Bertz CT molecular complexity index is 567. The van der Waals surface area contributed by atoms with E-state index in [1.54, 1.807) is 30.0 Å². The number of carbonyl (C=O) groups excluding carboxylic acids is 1. The summed E-state index contributed by atoms with van der Waals surface area (Å²) in [5.41, 5.74) is 0. The van der Waals surface area contributed by atoms with Gasteiger partial charge in [-0.05, 0) is 31.5 Å². The second-order valence-corrected chi connectivity index (χ2v) is 7.17. The molecule has 1 fully saturated rings. The first-order valence-corrected chi connectivity index (χ1v) is 8.15. The van der Waals surface area contributed by atoms with Crippen molar-refractivity contribution in [2.45, 2.75) is 23.5 Å². The molecule has 0 aromatic heterocycles. The number of rotatable bonds is 4. The molecular formula is C14H15Cl2NO3S. The highest BCUT2D eigenvalue weighted by Crippen LogP contribution is 2.33. The van der Waals surface area contributed by atoms with Crippen molar-refractivity contribution in [1.29, 1.82) is 0 Å². The predicted molar refractivity (Wildman–Crippen MR) is 84.1 cm³/mol. The molecule has 2 unspecified atom stereocenters. The molecule has 1 heterocycles. The number of carboxylic acids is 1. The third-order valence-corrected chi connectivity index (χ3v) is 5.22. The van der Waals surface area contributed by atoms with Crippen LogP contribution in [0.4, 0.5) is 0 Å². The highest BCUT2D eigenvalue weighted by molar-refractivity contribution is 8.00. The maximum atomic E-state index is 12.4. The summed E-state index contributed by atoms with van der Waals surface area (Å²) in [7, 11) is 0. The number of aliphatic carboxylic acids is 1. The van der Waals surface area contributed by atoms with E-state index < -0.39 is 11.9 Å². The zero-order valence-electron chi connectivity index (χ0n) is 11.4. The molecule has 1 aliphatic heterocycles. The van der Waals surface area contributed by atoms with Crippen molar-refractivity contribution in [3.8, 4) is 0 Å². The first kappa shape index (κ1) is 16.5. The molecule has 0 aliphatic carbocycles. The summed E-state index contributed by atoms with van der Waals surface area (Å²) in [5.74, 6) is -1.37. The number of hydrogen-bond donors (Lipinski definition) is 1. The fourth-order valence-corrected chi connectivity index (χ4v) is 3.72. The highest BCUT2D eigenvalue weighted by atomic mass is 35.5. The number of hydrogen-bond acceptors (Lipinski definition) is 3. The molecule has 1 amide bonds. The van der Waals surface area contributed by atoms with Gasteiger partial charge in [0.15, 0.2) is 0 Å². The van der Waals surface area contributed by atoms with Gasteiger partial charge < -0.3 is 10.0 Å². The summed E-state index contributed by atoms with van der Waals surface area (Å²) < 4.78 is 0. The standard InChI is InChI=1S/C14H15Cl2NO3S/c1-8(21-12-6-10(15)2-3-11(12)16)13(18)17-5-4-9(7-17)14(19)20/h2-3,6,8-9H,4-5,7H2,1H3,(H,19,20). The lowest BCUT2D eigenvalue weighted by molar-refractivity contribution is -0.141. The molecule has 1 saturated heterocycles. The van der Waals surface area contributed by atoms with Gasteiger partial charge in [-0.15, -0.1) is 11.8 Å². The number of nitrogens with zero attached hydrogens (tertiary/aromatic N) is 1. The van der Waals surface area contributed by atoms with Crippen LogP contribution in [0.3, 0.4) is 0 Å². The second kappa shape index (κ2) is 6.90. The van der Waals surface area contributed by atoms with Gasteiger partial charge in [-0.1, -0.05) is 23.2 Å². The number of likely N-dealkylation sites (tertiary alicyclic amines) is 1. The molecule has 7 heteroatoms. The summed E-state index contributed by atoms with van der Waals surface area (Å²) >= 11 is 13.3. The monoisotopic (exact) mass is 347 g/mol. The molecule has 4 nitrogen and oxygen atoms in total. The number of halogens is 2. The summed E-state index contributed by atoms with van der Waals surface area (Å²) in [6.07, 6.45) is 0.510. The van der Waals surface area contributed by atoms with E-state index in [-0.39, 0.29) is 17.7 Å². The molecule has 0 radical (unpaired) electrons. The zero-order chi connectivity index (χ0) is 15.6. The normalized spacial score (nSPS) is 19.6. The Morgan fingerprint density at radius 3 is 2.76 bits per heavy atom. The lowest BCUT2D eigenvalue weighted by Gasteiger charge is -2.20. The maximum Gasteiger partial charge on any atom is 0.308 e. The summed E-state index contributed by atoms with van der Waals surface area (Å²) in [5, 5.41) is 9.75. The van der Waals surface area contributed by atoms with Gasteiger partial charge in [0.1, 0.15) is 0 Å². The van der Waals surface area contributed by atoms with Crippen LogP contribution in [0.25, 0.3) is 0 Å². The highest BCUT2D eigenvalue weighted by Gasteiger charge is 2.33. The molecule has 0 bridgehead atoms. The molecule has 0 saturated carbocycles. The topological polar surface area (TPSA) is 57.6 Å². The average Bonchev–Trinajstić information content (AvgIpc) is 2.91. The average molecular weight is 348 g/mol. The quantitative estimate of drug-likeness (QED) is 0.848. The minimum absolute atomic E-state index is 0.0696. The largest absolute Gasteiger partial charge is 0.481 e. The number of benzene rings is 1. The van der Waals surface area contributed by atoms with Crippen LogP contribution in [-0.2, 0) is 9.59 Å². The Morgan fingerprint density at radius 2 is 2.14 bits per heavy atom. The lowest BCUT2D eigenvalue weighted by atomic mass is 10.1. The van der Waals surface area contributed by atoms with Gasteiger partial charge in [0.05, 0.1) is 16.2 Å². The van der Waals surface area contributed by atoms with Crippen molar-refractivity contribution in [3.63, 3.8) is 0 Å². The first-order chi connectivity index (χ1) is 9.88. The van der Waals surface area contributed by atoms with Crippen LogP contribution in [-0.4, -0.2) is 40.2 Å². The van der Waals surface area contributed by atoms with E-state index in [2.05, 4.69) is 0 Å². The predicted octanol–water partition coefficient (Wildman–Crippen LogP) is 3.41. The van der Waals surface area contributed by atoms with Crippen LogP contribution in [0.15, 0.2) is 23.1 Å². The van der Waals surface area contributed by atoms with E-state index in [1.165, 1.54) is 11.8 Å². The van der Waals surface area contributed by atoms with Gasteiger partial charge in [-0.25, -0.2) is 0 Å². The van der Waals surface area contributed by atoms with E-state index in [1.807, 2.05) is 0 Å². The van der Waals surface area contributed by atoms with Gasteiger partial charge in [0, 0.05) is 23.0 Å². The van der Waals surface area contributed by atoms with Crippen molar-refractivity contribution in [2.24, 2.45) is 5.92 Å². The van der Waals surface area contributed by atoms with Crippen molar-refractivity contribution < 1.29 is 14.7 Å². The Hall–Kier alpha value is -0.910. The van der Waals surface area contributed by atoms with E-state index in [4.69, 9.17) is 28.3 Å². The SMILES string of the molecule is CC(Sc1cc(Cl)ccc1Cl)C(=O)N1CCC(C(=O)O)C1. The minimum atomic E-state index is -0.844. The number of amides is 1. The third kappa shape index (κ3) is 4.05. The molecule has 21 heavy (non-hydrogen) atoms. The fraction of sp³-hybridized carbons (Fsp3) is 0.429. The molecular weight excluding hydrogens is 333 g/mol. The van der Waals surface area contributed by atoms with Crippen LogP contribution in [0.1, 0.15) is 13.3 Å². The Kier molecular flexibility index (Phi) is 5.41. The van der Waals surface area contributed by atoms with Gasteiger partial charge in [-0.3, -0.25) is 9.59 Å². The number of carboxylic acid groups (broad SMARTS) is 1. The van der Waals surface area contributed by atoms with E-state index in [0.29, 0.717) is 23.0 Å². The number of carbonyl (C=O) groups is 2. The molecule has 2 rings (SSSR count). The second-order valence-electron chi connectivity index (χ2n) is 4.94. The molecule has 114 valence electrons. The summed E-state index contributed by atoms with van der Waals surface area (Å²) in [6.45, 7) is 2.56. The smallest absolute Gasteiger partial charge is 0.308 e. The molecule has 1 aromatic rings. The maximum absolute atomic E-state index is 12.4. The minimum Gasteiger partial charge on any atom is -0.481 e. The Balaban J connectivity index is 2.00. The van der Waals surface area contributed by atoms with Gasteiger partial charge in [0.25, 0.3) is 0 Å². The van der Waals surface area contributed by atoms with Gasteiger partial charge >= 0.3 is 5.97 Å². The van der Waals surface area contributed by atoms with Crippen LogP contribution in [0.2, 0.25) is 10.0 Å². The molecule has 1 N–H and O–H groups in total. The van der Waals surface area contributed by atoms with Crippen molar-refractivity contribution in [1.82, 2.24) is 4.90 Å². The van der Waals surface area contributed by atoms with Crippen LogP contribution >= 0.6 is 35.0 Å². The molecule has 0 spiro atoms. The van der Waals surface area contributed by atoms with E-state index >= 15 is 0 Å². The Morgan fingerprint density at radius 1 is 1.43 bits per heavy atom. The Labute approximate surface area is 137 Å². The summed E-state index contributed by atoms with van der Waals surface area (Å²) in [4.78, 5) is 25.6. The number of thioether (sulfide) groups is 1. The van der Waals surface area contributed by atoms with Crippen LogP contribution < -0.4 is 0 Å². The van der Waals surface area contributed by atoms with Gasteiger partial charge in [-0.2, -0.15) is 0 Å². The van der Waals surface area contributed by atoms with Crippen molar-refractivity contribution in [2.75, 3.05) is 13.1 Å². The van der Waals surface area contributed by atoms with Gasteiger partial charge in [0.2, 0.25) is 5.91 Å². The first-order valence-electron chi connectivity index (χ1n) is 6.51. The van der Waals surface area contributed by atoms with Crippen molar-refractivity contribution >= 4 is 46.8 Å². The fourth-order valence-electron chi connectivity index (χ4n) is 2.23. The zero-order valence-corrected chi connectivity index (χ0v) is 13.7. The molecule has 1 aliphatic rings. The van der Waals surface area contributed by atoms with E-state index in [0.717, 1.165) is 4.90 Å². The van der Waals surface area contributed by atoms with Crippen LogP contribution in [0.5, 0.6) is 0 Å². The van der Waals surface area contributed by atoms with Crippen LogP contribution in [0, 0.1) is 5.92 Å². The summed E-state index contributed by atoms with van der Waals surface area (Å²) in [6, 6.07) is 5.11. The molecule has 1 aromatic carbocycles.